The highest BCUT2D eigenvalue weighted by Gasteiger charge is 2.05. The Morgan fingerprint density at radius 3 is 3.00 bits per heavy atom. The summed E-state index contributed by atoms with van der Waals surface area (Å²) >= 11 is 0. The topological polar surface area (TPSA) is 69.1 Å². The summed E-state index contributed by atoms with van der Waals surface area (Å²) in [6, 6.07) is 5.29. The zero-order chi connectivity index (χ0) is 9.42. The molecule has 0 aliphatic carbocycles. The Morgan fingerprint density at radius 1 is 1.46 bits per heavy atom. The molecule has 66 valence electrons. The molecule has 1 aromatic carbocycles. The largest absolute Gasteiger partial charge is 0.389 e. The number of benzene rings is 1. The zero-order valence-electron chi connectivity index (χ0n) is 7.07. The van der Waals surface area contributed by atoms with Gasteiger partial charge in [0.25, 0.3) is 6.01 Å². The molecule has 0 spiro atoms. The van der Waals surface area contributed by atoms with E-state index in [9.17, 15) is 4.79 Å². The number of nitrogens with zero attached hydrogens (tertiary/aromatic N) is 1. The Morgan fingerprint density at radius 2 is 2.23 bits per heavy atom. The summed E-state index contributed by atoms with van der Waals surface area (Å²) in [5.74, 6) is 0. The van der Waals surface area contributed by atoms with Crippen LogP contribution in [0, 0.1) is 6.92 Å². The first kappa shape index (κ1) is 7.79. The van der Waals surface area contributed by atoms with Gasteiger partial charge in [0.2, 0.25) is 0 Å². The normalized spacial score (nSPS) is 10.5. The van der Waals surface area contributed by atoms with Crippen LogP contribution in [-0.2, 0) is 0 Å². The van der Waals surface area contributed by atoms with Gasteiger partial charge in [0, 0.05) is 0 Å². The molecule has 0 fully saturated rings. The van der Waals surface area contributed by atoms with Gasteiger partial charge in [-0.15, -0.1) is 0 Å². The third-order valence-electron chi connectivity index (χ3n) is 1.88. The number of hydrogen-bond acceptors (Lipinski definition) is 4. The first-order valence-corrected chi connectivity index (χ1v) is 3.84. The molecule has 1 heterocycles. The summed E-state index contributed by atoms with van der Waals surface area (Å²) in [6.07, 6.45) is 0. The van der Waals surface area contributed by atoms with Crippen molar-refractivity contribution in [2.24, 2.45) is 0 Å². The smallest absolute Gasteiger partial charge is 0.348 e. The lowest BCUT2D eigenvalue weighted by molar-refractivity contribution is 0.524. The third kappa shape index (κ3) is 1.16. The van der Waals surface area contributed by atoms with E-state index in [-0.39, 0.29) is 6.01 Å². The summed E-state index contributed by atoms with van der Waals surface area (Å²) in [5.41, 5.74) is 6.29. The first-order chi connectivity index (χ1) is 6.18. The molecule has 1 aromatic heterocycles. The Labute approximate surface area is 74.0 Å². The van der Waals surface area contributed by atoms with E-state index < -0.39 is 5.63 Å². The fraction of sp³-hybridized carbons (Fsp3) is 0.111. The van der Waals surface area contributed by atoms with Gasteiger partial charge in [-0.2, -0.15) is 4.98 Å². The van der Waals surface area contributed by atoms with Crippen LogP contribution in [0.25, 0.3) is 10.9 Å². The molecule has 4 nitrogen and oxygen atoms in total. The molecule has 0 saturated heterocycles. The van der Waals surface area contributed by atoms with Crippen LogP contribution in [0.4, 0.5) is 6.01 Å². The fourth-order valence-electron chi connectivity index (χ4n) is 1.30. The minimum absolute atomic E-state index is 0.0944. The van der Waals surface area contributed by atoms with Crippen LogP contribution in [0.15, 0.2) is 27.4 Å². The fourth-order valence-corrected chi connectivity index (χ4v) is 1.30. The summed E-state index contributed by atoms with van der Waals surface area (Å²) in [4.78, 5) is 15.2. The van der Waals surface area contributed by atoms with Crippen LogP contribution >= 0.6 is 0 Å². The number of anilines is 1. The number of nitrogen functional groups attached to an aromatic ring is 1. The number of nitrogens with two attached hydrogens (primary N) is 1. The van der Waals surface area contributed by atoms with Crippen molar-refractivity contribution >= 4 is 16.9 Å². The van der Waals surface area contributed by atoms with E-state index >= 15 is 0 Å². The Balaban J connectivity index is 3.03. The second kappa shape index (κ2) is 2.58. The highest BCUT2D eigenvalue weighted by molar-refractivity contribution is 5.80. The highest BCUT2D eigenvalue weighted by atomic mass is 16.4. The van der Waals surface area contributed by atoms with Crippen LogP contribution in [0.2, 0.25) is 0 Å². The third-order valence-corrected chi connectivity index (χ3v) is 1.88. The Hall–Kier alpha value is -1.84. The van der Waals surface area contributed by atoms with Crippen molar-refractivity contribution in [1.82, 2.24) is 4.98 Å². The van der Waals surface area contributed by atoms with Gasteiger partial charge >= 0.3 is 5.63 Å². The maximum Gasteiger partial charge on any atom is 0.348 e. The molecule has 2 rings (SSSR count). The predicted octanol–water partition coefficient (Wildman–Crippen LogP) is 1.08. The van der Waals surface area contributed by atoms with Crippen molar-refractivity contribution in [1.29, 1.82) is 0 Å². The number of fused-ring (bicyclic) bond motifs is 1. The minimum atomic E-state index is -0.430. The molecular weight excluding hydrogens is 168 g/mol. The van der Waals surface area contributed by atoms with Gasteiger partial charge in [-0.25, -0.2) is 4.79 Å². The molecule has 0 unspecified atom stereocenters. The van der Waals surface area contributed by atoms with Crippen molar-refractivity contribution in [3.05, 3.63) is 34.2 Å². The van der Waals surface area contributed by atoms with Gasteiger partial charge in [-0.05, 0) is 18.6 Å². The van der Waals surface area contributed by atoms with Gasteiger partial charge < -0.3 is 10.2 Å². The molecule has 0 aliphatic rings. The van der Waals surface area contributed by atoms with E-state index in [0.717, 1.165) is 5.56 Å². The number of hydrogen-bond donors (Lipinski definition) is 1. The summed E-state index contributed by atoms with van der Waals surface area (Å²) in [6.45, 7) is 1.83. The monoisotopic (exact) mass is 176 g/mol. The number of aromatic nitrogens is 1. The average Bonchev–Trinajstić information content (AvgIpc) is 2.02. The van der Waals surface area contributed by atoms with E-state index in [0.29, 0.717) is 10.9 Å². The van der Waals surface area contributed by atoms with E-state index in [1.807, 2.05) is 19.1 Å². The van der Waals surface area contributed by atoms with Crippen LogP contribution in [0.3, 0.4) is 0 Å². The quantitative estimate of drug-likeness (QED) is 0.652. The summed E-state index contributed by atoms with van der Waals surface area (Å²) in [7, 11) is 0. The molecule has 0 bridgehead atoms. The molecule has 0 amide bonds. The number of aryl methyl sites for hydroxylation is 1. The van der Waals surface area contributed by atoms with Crippen LogP contribution < -0.4 is 11.4 Å². The Bertz CT molecular complexity index is 516. The summed E-state index contributed by atoms with van der Waals surface area (Å²) < 4.78 is 4.68. The number of rotatable bonds is 0. The van der Waals surface area contributed by atoms with Gasteiger partial charge in [0.15, 0.2) is 0 Å². The van der Waals surface area contributed by atoms with E-state index in [1.54, 1.807) is 6.07 Å². The standard InChI is InChI=1S/C9H8N2O2/c1-5-3-2-4-6-7(5)8(12)13-9(10)11-6/h2-4H,1H3,(H2,10,11). The van der Waals surface area contributed by atoms with E-state index in [2.05, 4.69) is 9.40 Å². The molecular formula is C9H8N2O2. The highest BCUT2D eigenvalue weighted by Crippen LogP contribution is 2.12. The molecule has 2 N–H and O–H groups in total. The molecule has 2 aromatic rings. The minimum Gasteiger partial charge on any atom is -0.389 e. The maximum atomic E-state index is 11.3. The molecule has 4 heteroatoms. The second-order valence-corrected chi connectivity index (χ2v) is 2.81. The SMILES string of the molecule is Cc1cccc2nc(N)oc(=O)c12. The second-order valence-electron chi connectivity index (χ2n) is 2.81. The van der Waals surface area contributed by atoms with Crippen molar-refractivity contribution in [2.75, 3.05) is 5.73 Å². The summed E-state index contributed by atoms with van der Waals surface area (Å²) in [5, 5.41) is 0.497. The van der Waals surface area contributed by atoms with E-state index in [1.165, 1.54) is 0 Å². The van der Waals surface area contributed by atoms with Crippen molar-refractivity contribution < 1.29 is 4.42 Å². The molecule has 0 atom stereocenters. The lowest BCUT2D eigenvalue weighted by Gasteiger charge is -1.98. The van der Waals surface area contributed by atoms with Crippen molar-refractivity contribution in [3.63, 3.8) is 0 Å². The predicted molar refractivity (Wildman–Crippen MR) is 49.4 cm³/mol. The maximum absolute atomic E-state index is 11.3. The van der Waals surface area contributed by atoms with Gasteiger partial charge in [0.05, 0.1) is 10.9 Å². The Kier molecular flexibility index (Phi) is 1.55. The van der Waals surface area contributed by atoms with Crippen LogP contribution in [-0.4, -0.2) is 4.98 Å². The molecule has 0 radical (unpaired) electrons. The first-order valence-electron chi connectivity index (χ1n) is 3.84. The lowest BCUT2D eigenvalue weighted by Crippen LogP contribution is -2.05. The lowest BCUT2D eigenvalue weighted by atomic mass is 10.1. The van der Waals surface area contributed by atoms with Gasteiger partial charge in [-0.1, -0.05) is 12.1 Å². The van der Waals surface area contributed by atoms with Crippen molar-refractivity contribution in [2.45, 2.75) is 6.92 Å². The van der Waals surface area contributed by atoms with E-state index in [4.69, 9.17) is 5.73 Å². The average molecular weight is 176 g/mol. The molecule has 0 aliphatic heterocycles. The zero-order valence-corrected chi connectivity index (χ0v) is 7.07. The van der Waals surface area contributed by atoms with Crippen molar-refractivity contribution in [3.8, 4) is 0 Å². The van der Waals surface area contributed by atoms with Gasteiger partial charge in [0.1, 0.15) is 0 Å². The van der Waals surface area contributed by atoms with Gasteiger partial charge in [-0.3, -0.25) is 0 Å². The molecule has 13 heavy (non-hydrogen) atoms. The van der Waals surface area contributed by atoms with Crippen LogP contribution in [0.1, 0.15) is 5.56 Å². The van der Waals surface area contributed by atoms with Crippen LogP contribution in [0.5, 0.6) is 0 Å². The molecule has 0 saturated carbocycles.